The van der Waals surface area contributed by atoms with Crippen LogP contribution in [0.25, 0.3) is 0 Å². The SMILES string of the molecule is O=C(c1c[nH]c2c1C(=O)N(Cc1ccccc1)CCCC2)C1CCCCC1. The van der Waals surface area contributed by atoms with Crippen LogP contribution in [0.2, 0.25) is 0 Å². The van der Waals surface area contributed by atoms with Gasteiger partial charge >= 0.3 is 0 Å². The quantitative estimate of drug-likeness (QED) is 0.796. The minimum absolute atomic E-state index is 0.00830. The molecule has 1 N–H and O–H groups in total. The van der Waals surface area contributed by atoms with E-state index in [4.69, 9.17) is 0 Å². The molecule has 1 amide bonds. The minimum atomic E-state index is 0.00830. The highest BCUT2D eigenvalue weighted by atomic mass is 16.2. The predicted molar refractivity (Wildman–Crippen MR) is 106 cm³/mol. The van der Waals surface area contributed by atoms with Crippen molar-refractivity contribution < 1.29 is 9.59 Å². The Labute approximate surface area is 161 Å². The van der Waals surface area contributed by atoms with Gasteiger partial charge in [-0.25, -0.2) is 0 Å². The second-order valence-electron chi connectivity index (χ2n) is 7.92. The highest BCUT2D eigenvalue weighted by molar-refractivity contribution is 6.09. The molecule has 0 unspecified atom stereocenters. The molecule has 1 aromatic carbocycles. The normalized spacial score (nSPS) is 18.7. The van der Waals surface area contributed by atoms with Crippen molar-refractivity contribution in [3.8, 4) is 0 Å². The van der Waals surface area contributed by atoms with Gasteiger partial charge in [0.1, 0.15) is 0 Å². The molecule has 0 atom stereocenters. The maximum Gasteiger partial charge on any atom is 0.256 e. The van der Waals surface area contributed by atoms with E-state index in [9.17, 15) is 9.59 Å². The smallest absolute Gasteiger partial charge is 0.256 e. The van der Waals surface area contributed by atoms with Gasteiger partial charge in [-0.05, 0) is 37.7 Å². The summed E-state index contributed by atoms with van der Waals surface area (Å²) in [5.41, 5.74) is 3.34. The summed E-state index contributed by atoms with van der Waals surface area (Å²) in [7, 11) is 0. The largest absolute Gasteiger partial charge is 0.364 e. The lowest BCUT2D eigenvalue weighted by atomic mass is 9.83. The number of benzene rings is 1. The number of nitrogens with one attached hydrogen (secondary N) is 1. The Hall–Kier alpha value is -2.36. The first-order chi connectivity index (χ1) is 13.2. The van der Waals surface area contributed by atoms with Gasteiger partial charge in [-0.1, -0.05) is 49.6 Å². The van der Waals surface area contributed by atoms with Crippen LogP contribution in [0.15, 0.2) is 36.5 Å². The fourth-order valence-corrected chi connectivity index (χ4v) is 4.51. The van der Waals surface area contributed by atoms with E-state index in [0.29, 0.717) is 17.7 Å². The van der Waals surface area contributed by atoms with Crippen molar-refractivity contribution in [2.24, 2.45) is 5.92 Å². The molecule has 4 rings (SSSR count). The van der Waals surface area contributed by atoms with Crippen LogP contribution in [0.4, 0.5) is 0 Å². The molecule has 1 saturated carbocycles. The number of H-pyrrole nitrogens is 1. The maximum atomic E-state index is 13.4. The second-order valence-corrected chi connectivity index (χ2v) is 7.92. The van der Waals surface area contributed by atoms with Crippen molar-refractivity contribution in [2.45, 2.75) is 57.9 Å². The lowest BCUT2D eigenvalue weighted by molar-refractivity contribution is 0.0726. The summed E-state index contributed by atoms with van der Waals surface area (Å²) in [4.78, 5) is 31.7. The third kappa shape index (κ3) is 3.85. The van der Waals surface area contributed by atoms with Gasteiger partial charge < -0.3 is 9.88 Å². The third-order valence-corrected chi connectivity index (χ3v) is 6.03. The Morgan fingerprint density at radius 2 is 1.81 bits per heavy atom. The molecule has 4 nitrogen and oxygen atoms in total. The number of nitrogens with zero attached hydrogens (tertiary/aromatic N) is 1. The summed E-state index contributed by atoms with van der Waals surface area (Å²) in [5, 5.41) is 0. The number of carbonyl (C=O) groups excluding carboxylic acids is 2. The molecule has 2 aromatic rings. The molecule has 0 bridgehead atoms. The number of rotatable bonds is 4. The molecule has 0 saturated heterocycles. The van der Waals surface area contributed by atoms with Crippen molar-refractivity contribution >= 4 is 11.7 Å². The molecule has 1 aromatic heterocycles. The summed E-state index contributed by atoms with van der Waals surface area (Å²) < 4.78 is 0. The summed E-state index contributed by atoms with van der Waals surface area (Å²) >= 11 is 0. The van der Waals surface area contributed by atoms with E-state index in [2.05, 4.69) is 17.1 Å². The van der Waals surface area contributed by atoms with Crippen LogP contribution in [0.3, 0.4) is 0 Å². The molecule has 1 aliphatic heterocycles. The van der Waals surface area contributed by atoms with Gasteiger partial charge in [-0.3, -0.25) is 9.59 Å². The first kappa shape index (κ1) is 18.0. The zero-order valence-corrected chi connectivity index (χ0v) is 15.9. The number of ketones is 1. The number of hydrogen-bond donors (Lipinski definition) is 1. The molecule has 2 heterocycles. The molecule has 0 spiro atoms. The van der Waals surface area contributed by atoms with E-state index in [1.54, 1.807) is 6.20 Å². The van der Waals surface area contributed by atoms with Gasteiger partial charge in [0.05, 0.1) is 5.56 Å². The van der Waals surface area contributed by atoms with Gasteiger partial charge in [-0.15, -0.1) is 0 Å². The van der Waals surface area contributed by atoms with Crippen LogP contribution in [0.5, 0.6) is 0 Å². The zero-order chi connectivity index (χ0) is 18.6. The number of Topliss-reactive ketones (excluding diaryl/α,β-unsaturated/α-hetero) is 1. The van der Waals surface area contributed by atoms with Crippen LogP contribution in [0.1, 0.15) is 76.9 Å². The van der Waals surface area contributed by atoms with Crippen LogP contribution >= 0.6 is 0 Å². The van der Waals surface area contributed by atoms with Gasteiger partial charge in [0.2, 0.25) is 0 Å². The van der Waals surface area contributed by atoms with E-state index in [1.165, 1.54) is 6.42 Å². The molecule has 1 fully saturated rings. The van der Waals surface area contributed by atoms with Crippen molar-refractivity contribution in [3.63, 3.8) is 0 Å². The van der Waals surface area contributed by atoms with Crippen molar-refractivity contribution in [3.05, 3.63) is 58.9 Å². The molecular formula is C23H28N2O2. The van der Waals surface area contributed by atoms with Crippen LogP contribution in [0, 0.1) is 5.92 Å². The third-order valence-electron chi connectivity index (χ3n) is 6.03. The first-order valence-corrected chi connectivity index (χ1v) is 10.3. The molecule has 142 valence electrons. The minimum Gasteiger partial charge on any atom is -0.364 e. The molecule has 0 radical (unpaired) electrons. The highest BCUT2D eigenvalue weighted by Crippen LogP contribution is 2.30. The predicted octanol–water partition coefficient (Wildman–Crippen LogP) is 4.76. The summed E-state index contributed by atoms with van der Waals surface area (Å²) in [6, 6.07) is 10.1. The maximum absolute atomic E-state index is 13.4. The van der Waals surface area contributed by atoms with Crippen LogP contribution in [-0.4, -0.2) is 28.1 Å². The Kier molecular flexibility index (Phi) is 5.42. The van der Waals surface area contributed by atoms with Crippen molar-refractivity contribution in [1.82, 2.24) is 9.88 Å². The fourth-order valence-electron chi connectivity index (χ4n) is 4.51. The Morgan fingerprint density at radius 3 is 2.59 bits per heavy atom. The summed E-state index contributed by atoms with van der Waals surface area (Å²) in [6.07, 6.45) is 10.0. The number of amides is 1. The first-order valence-electron chi connectivity index (χ1n) is 10.3. The topological polar surface area (TPSA) is 53.2 Å². The number of aromatic nitrogens is 1. The summed E-state index contributed by atoms with van der Waals surface area (Å²) in [6.45, 7) is 1.34. The number of carbonyl (C=O) groups is 2. The highest BCUT2D eigenvalue weighted by Gasteiger charge is 2.31. The lowest BCUT2D eigenvalue weighted by Gasteiger charge is -2.26. The van der Waals surface area contributed by atoms with E-state index in [1.807, 2.05) is 23.1 Å². The Bertz CT molecular complexity index is 803. The van der Waals surface area contributed by atoms with E-state index in [-0.39, 0.29) is 17.6 Å². The average molecular weight is 364 g/mol. The van der Waals surface area contributed by atoms with Crippen LogP contribution in [-0.2, 0) is 13.0 Å². The Morgan fingerprint density at radius 1 is 1.04 bits per heavy atom. The molecule has 2 aliphatic rings. The zero-order valence-electron chi connectivity index (χ0n) is 15.9. The van der Waals surface area contributed by atoms with E-state index in [0.717, 1.165) is 62.7 Å². The van der Waals surface area contributed by atoms with Gasteiger partial charge in [0.25, 0.3) is 5.91 Å². The van der Waals surface area contributed by atoms with Crippen molar-refractivity contribution in [1.29, 1.82) is 0 Å². The van der Waals surface area contributed by atoms with E-state index < -0.39 is 0 Å². The van der Waals surface area contributed by atoms with Crippen LogP contribution < -0.4 is 0 Å². The number of aryl methyl sites for hydroxylation is 1. The monoisotopic (exact) mass is 364 g/mol. The lowest BCUT2D eigenvalue weighted by Crippen LogP contribution is -2.34. The fraction of sp³-hybridized carbons (Fsp3) is 0.478. The van der Waals surface area contributed by atoms with E-state index >= 15 is 0 Å². The van der Waals surface area contributed by atoms with Gasteiger partial charge in [-0.2, -0.15) is 0 Å². The molecule has 4 heteroatoms. The number of fused-ring (bicyclic) bond motifs is 1. The number of aromatic amines is 1. The Balaban J connectivity index is 1.63. The standard InChI is InChI=1S/C23H28N2O2/c26-22(18-11-5-2-6-12-18)19-15-24-20-13-7-8-14-25(23(27)21(19)20)16-17-9-3-1-4-10-17/h1,3-4,9-10,15,18,24H,2,5-8,11-14,16H2. The molecule has 1 aliphatic carbocycles. The van der Waals surface area contributed by atoms with Gasteiger partial charge in [0, 0.05) is 36.5 Å². The van der Waals surface area contributed by atoms with Gasteiger partial charge in [0.15, 0.2) is 5.78 Å². The second kappa shape index (κ2) is 8.12. The summed E-state index contributed by atoms with van der Waals surface area (Å²) in [5.74, 6) is 0.259. The average Bonchev–Trinajstić information content (AvgIpc) is 3.13. The molecular weight excluding hydrogens is 336 g/mol. The number of hydrogen-bond acceptors (Lipinski definition) is 2. The molecule has 27 heavy (non-hydrogen) atoms. The van der Waals surface area contributed by atoms with Crippen molar-refractivity contribution in [2.75, 3.05) is 6.54 Å².